The third-order valence-corrected chi connectivity index (χ3v) is 3.42. The Labute approximate surface area is 120 Å². The first-order valence-electron chi connectivity index (χ1n) is 6.35. The Morgan fingerprint density at radius 2 is 2.00 bits per heavy atom. The summed E-state index contributed by atoms with van der Waals surface area (Å²) >= 11 is 0. The van der Waals surface area contributed by atoms with E-state index in [0.29, 0.717) is 11.1 Å². The fraction of sp³-hybridized carbons (Fsp3) is 0.0625. The van der Waals surface area contributed by atoms with Crippen LogP contribution in [-0.4, -0.2) is 26.2 Å². The maximum absolute atomic E-state index is 11.0. The number of pyridine rings is 2. The summed E-state index contributed by atoms with van der Waals surface area (Å²) in [5.74, 6) is -1.55. The van der Waals surface area contributed by atoms with Crippen LogP contribution in [0.3, 0.4) is 0 Å². The van der Waals surface area contributed by atoms with Gasteiger partial charge in [-0.05, 0) is 30.7 Å². The Morgan fingerprint density at radius 1 is 1.19 bits per heavy atom. The number of aromatic carboxylic acids is 1. The van der Waals surface area contributed by atoms with Gasteiger partial charge in [0.05, 0.1) is 5.52 Å². The van der Waals surface area contributed by atoms with Crippen LogP contribution in [0.5, 0.6) is 5.75 Å². The molecule has 0 amide bonds. The van der Waals surface area contributed by atoms with E-state index >= 15 is 0 Å². The number of rotatable bonds is 2. The van der Waals surface area contributed by atoms with Crippen molar-refractivity contribution in [1.29, 1.82) is 0 Å². The zero-order valence-electron chi connectivity index (χ0n) is 11.2. The third-order valence-electron chi connectivity index (χ3n) is 3.42. The van der Waals surface area contributed by atoms with Gasteiger partial charge >= 0.3 is 5.97 Å². The average molecular weight is 280 g/mol. The fourth-order valence-electron chi connectivity index (χ4n) is 2.28. The monoisotopic (exact) mass is 280 g/mol. The van der Waals surface area contributed by atoms with Gasteiger partial charge in [-0.15, -0.1) is 0 Å². The molecule has 2 N–H and O–H groups in total. The normalized spacial score (nSPS) is 10.7. The molecule has 0 aliphatic carbocycles. The molecule has 5 heteroatoms. The van der Waals surface area contributed by atoms with Gasteiger partial charge < -0.3 is 10.2 Å². The lowest BCUT2D eigenvalue weighted by Crippen LogP contribution is -2.02. The van der Waals surface area contributed by atoms with Gasteiger partial charge in [-0.3, -0.25) is 4.98 Å². The van der Waals surface area contributed by atoms with Crippen LogP contribution < -0.4 is 0 Å². The zero-order valence-corrected chi connectivity index (χ0v) is 11.2. The van der Waals surface area contributed by atoms with Crippen LogP contribution in [0.1, 0.15) is 16.1 Å². The van der Waals surface area contributed by atoms with Crippen molar-refractivity contribution in [2.24, 2.45) is 0 Å². The minimum absolute atomic E-state index is 0.300. The second kappa shape index (κ2) is 4.86. The summed E-state index contributed by atoms with van der Waals surface area (Å²) in [5, 5.41) is 19.9. The number of aromatic hydroxyl groups is 1. The summed E-state index contributed by atoms with van der Waals surface area (Å²) in [5.41, 5.74) is 2.58. The van der Waals surface area contributed by atoms with Gasteiger partial charge in [-0.25, -0.2) is 9.78 Å². The highest BCUT2D eigenvalue weighted by atomic mass is 16.4. The molecule has 3 aromatic rings. The number of hydrogen-bond donors (Lipinski definition) is 2. The molecule has 0 saturated carbocycles. The molecule has 0 bridgehead atoms. The summed E-state index contributed by atoms with van der Waals surface area (Å²) in [6, 6.07) is 9.49. The van der Waals surface area contributed by atoms with Crippen molar-refractivity contribution in [3.05, 3.63) is 54.0 Å². The molecule has 1 aromatic carbocycles. The molecular weight excluding hydrogens is 268 g/mol. The molecule has 104 valence electrons. The Morgan fingerprint density at radius 3 is 2.76 bits per heavy atom. The molecule has 3 rings (SSSR count). The largest absolute Gasteiger partial charge is 0.505 e. The summed E-state index contributed by atoms with van der Waals surface area (Å²) in [7, 11) is 0. The van der Waals surface area contributed by atoms with Crippen molar-refractivity contribution in [1.82, 2.24) is 9.97 Å². The molecule has 21 heavy (non-hydrogen) atoms. The molecular formula is C16H12N2O3. The highest BCUT2D eigenvalue weighted by Gasteiger charge is 2.17. The van der Waals surface area contributed by atoms with Crippen molar-refractivity contribution in [3.8, 4) is 16.9 Å². The van der Waals surface area contributed by atoms with E-state index < -0.39 is 5.97 Å². The smallest absolute Gasteiger partial charge is 0.358 e. The number of aromatic nitrogens is 2. The van der Waals surface area contributed by atoms with Gasteiger partial charge in [0.15, 0.2) is 11.4 Å². The Bertz CT molecular complexity index is 859. The van der Waals surface area contributed by atoms with E-state index in [0.717, 1.165) is 16.5 Å². The second-order valence-electron chi connectivity index (χ2n) is 4.71. The summed E-state index contributed by atoms with van der Waals surface area (Å²) in [4.78, 5) is 19.0. The fourth-order valence-corrected chi connectivity index (χ4v) is 2.28. The molecule has 2 aromatic heterocycles. The summed E-state index contributed by atoms with van der Waals surface area (Å²) < 4.78 is 0. The lowest BCUT2D eigenvalue weighted by molar-refractivity contribution is 0.0687. The first-order valence-corrected chi connectivity index (χ1v) is 6.35. The van der Waals surface area contributed by atoms with Crippen LogP contribution in [0, 0.1) is 6.92 Å². The van der Waals surface area contributed by atoms with Crippen molar-refractivity contribution in [2.45, 2.75) is 6.92 Å². The van der Waals surface area contributed by atoms with Crippen LogP contribution in [-0.2, 0) is 0 Å². The predicted molar refractivity (Wildman–Crippen MR) is 78.3 cm³/mol. The van der Waals surface area contributed by atoms with Crippen LogP contribution in [0.15, 0.2) is 42.7 Å². The van der Waals surface area contributed by atoms with Crippen molar-refractivity contribution in [3.63, 3.8) is 0 Å². The Hall–Kier alpha value is -2.95. The van der Waals surface area contributed by atoms with Gasteiger partial charge in [0.25, 0.3) is 0 Å². The number of nitrogens with zero attached hydrogens (tertiary/aromatic N) is 2. The average Bonchev–Trinajstić information content (AvgIpc) is 2.49. The van der Waals surface area contributed by atoms with Crippen LogP contribution in [0.25, 0.3) is 22.0 Å². The number of carboxylic acids is 1. The van der Waals surface area contributed by atoms with E-state index in [9.17, 15) is 9.90 Å². The second-order valence-corrected chi connectivity index (χ2v) is 4.71. The third kappa shape index (κ3) is 2.18. The van der Waals surface area contributed by atoms with Crippen LogP contribution >= 0.6 is 0 Å². The standard InChI is InChI=1S/C16H12N2O3/c1-9-12(8-18-14(15(9)19)16(20)21)10-4-5-13-11(7-10)3-2-6-17-13/h2-8,19H,1H3,(H,20,21). The molecule has 0 fully saturated rings. The van der Waals surface area contributed by atoms with Crippen LogP contribution in [0.4, 0.5) is 0 Å². The van der Waals surface area contributed by atoms with E-state index in [1.54, 1.807) is 13.1 Å². The molecule has 5 nitrogen and oxygen atoms in total. The maximum Gasteiger partial charge on any atom is 0.358 e. The van der Waals surface area contributed by atoms with E-state index in [1.165, 1.54) is 6.20 Å². The molecule has 0 atom stereocenters. The van der Waals surface area contributed by atoms with Gasteiger partial charge in [0, 0.05) is 28.9 Å². The van der Waals surface area contributed by atoms with E-state index in [4.69, 9.17) is 5.11 Å². The number of hydrogen-bond acceptors (Lipinski definition) is 4. The van der Waals surface area contributed by atoms with Gasteiger partial charge in [0.1, 0.15) is 0 Å². The van der Waals surface area contributed by atoms with E-state index in [-0.39, 0.29) is 11.4 Å². The van der Waals surface area contributed by atoms with E-state index in [1.807, 2.05) is 30.3 Å². The minimum atomic E-state index is -1.25. The quantitative estimate of drug-likeness (QED) is 0.754. The van der Waals surface area contributed by atoms with Crippen LogP contribution in [0.2, 0.25) is 0 Å². The summed E-state index contributed by atoms with van der Waals surface area (Å²) in [6.45, 7) is 1.67. The summed E-state index contributed by atoms with van der Waals surface area (Å²) in [6.07, 6.45) is 3.19. The van der Waals surface area contributed by atoms with Crippen molar-refractivity contribution < 1.29 is 15.0 Å². The zero-order chi connectivity index (χ0) is 15.0. The molecule has 0 spiro atoms. The SMILES string of the molecule is Cc1c(-c2ccc3ncccc3c2)cnc(C(=O)O)c1O. The predicted octanol–water partition coefficient (Wildman–Crippen LogP) is 3.01. The van der Waals surface area contributed by atoms with Gasteiger partial charge in [-0.1, -0.05) is 12.1 Å². The van der Waals surface area contributed by atoms with Gasteiger partial charge in [0.2, 0.25) is 0 Å². The topological polar surface area (TPSA) is 83.3 Å². The first kappa shape index (κ1) is 13.1. The maximum atomic E-state index is 11.0. The molecule has 0 saturated heterocycles. The lowest BCUT2D eigenvalue weighted by Gasteiger charge is -2.10. The first-order chi connectivity index (χ1) is 10.1. The molecule has 0 unspecified atom stereocenters. The molecule has 0 aliphatic heterocycles. The molecule has 0 aliphatic rings. The number of benzene rings is 1. The van der Waals surface area contributed by atoms with Crippen molar-refractivity contribution >= 4 is 16.9 Å². The number of fused-ring (bicyclic) bond motifs is 1. The highest BCUT2D eigenvalue weighted by molar-refractivity contribution is 5.91. The van der Waals surface area contributed by atoms with Gasteiger partial charge in [-0.2, -0.15) is 0 Å². The van der Waals surface area contributed by atoms with Crippen molar-refractivity contribution in [2.75, 3.05) is 0 Å². The Kier molecular flexibility index (Phi) is 3.02. The molecule has 0 radical (unpaired) electrons. The minimum Gasteiger partial charge on any atom is -0.505 e. The van der Waals surface area contributed by atoms with E-state index in [2.05, 4.69) is 9.97 Å². The number of carbonyl (C=O) groups is 1. The lowest BCUT2D eigenvalue weighted by atomic mass is 9.99. The molecule has 2 heterocycles. The Balaban J connectivity index is 2.18. The number of carboxylic acid groups (broad SMARTS) is 1. The highest BCUT2D eigenvalue weighted by Crippen LogP contribution is 2.32.